The van der Waals surface area contributed by atoms with Crippen LogP contribution < -0.4 is 10.6 Å². The van der Waals surface area contributed by atoms with Crippen LogP contribution >= 0.6 is 23.1 Å². The van der Waals surface area contributed by atoms with Gasteiger partial charge in [0.05, 0.1) is 5.41 Å². The average molecular weight is 867 g/mol. The Kier molecular flexibility index (Phi) is 12.7. The molecule has 0 saturated carbocycles. The number of fused-ring (bicyclic) bond motifs is 1. The number of nitrogens with zero attached hydrogens (tertiary/aromatic N) is 5. The summed E-state index contributed by atoms with van der Waals surface area (Å²) < 4.78 is 23.7. The Hall–Kier alpha value is -6.33. The highest BCUT2D eigenvalue weighted by molar-refractivity contribution is 8.00. The summed E-state index contributed by atoms with van der Waals surface area (Å²) in [6, 6.07) is 27.2. The van der Waals surface area contributed by atoms with Crippen LogP contribution in [0.15, 0.2) is 124 Å². The maximum Gasteiger partial charge on any atom is 0.358 e. The number of anilines is 2. The summed E-state index contributed by atoms with van der Waals surface area (Å²) in [5, 5.41) is 5.14. The summed E-state index contributed by atoms with van der Waals surface area (Å²) in [5.74, 6) is -3.21. The van der Waals surface area contributed by atoms with Gasteiger partial charge >= 0.3 is 11.9 Å². The van der Waals surface area contributed by atoms with Crippen LogP contribution in [0.1, 0.15) is 43.9 Å². The minimum Gasteiger partial charge on any atom is -0.427 e. The Morgan fingerprint density at radius 1 is 0.951 bits per heavy atom. The largest absolute Gasteiger partial charge is 0.427 e. The Labute approximate surface area is 359 Å². The second kappa shape index (κ2) is 18.1. The average Bonchev–Trinajstić information content (AvgIpc) is 3.85. The van der Waals surface area contributed by atoms with Gasteiger partial charge in [0, 0.05) is 46.5 Å². The van der Waals surface area contributed by atoms with Crippen molar-refractivity contribution in [3.8, 4) is 0 Å². The zero-order valence-electron chi connectivity index (χ0n) is 33.6. The molecule has 0 radical (unpaired) electrons. The number of benzene rings is 3. The lowest BCUT2D eigenvalue weighted by Gasteiger charge is -2.52. The maximum absolute atomic E-state index is 14.4. The van der Waals surface area contributed by atoms with Gasteiger partial charge in [0.2, 0.25) is 18.3 Å². The highest BCUT2D eigenvalue weighted by Gasteiger charge is 2.58. The fourth-order valence-electron chi connectivity index (χ4n) is 7.25. The summed E-state index contributed by atoms with van der Waals surface area (Å²) in [6.07, 6.45) is 2.80. The van der Waals surface area contributed by atoms with Gasteiger partial charge in [-0.1, -0.05) is 96.2 Å². The molecule has 0 aliphatic carbocycles. The van der Waals surface area contributed by atoms with Gasteiger partial charge in [-0.2, -0.15) is 0 Å². The van der Waals surface area contributed by atoms with Crippen LogP contribution in [0, 0.1) is 5.41 Å². The third-order valence-electron chi connectivity index (χ3n) is 10.2. The summed E-state index contributed by atoms with van der Waals surface area (Å²) >= 11 is 2.31. The highest BCUT2D eigenvalue weighted by Crippen LogP contribution is 2.45. The van der Waals surface area contributed by atoms with E-state index in [1.807, 2.05) is 91.0 Å². The molecule has 61 heavy (non-hydrogen) atoms. The van der Waals surface area contributed by atoms with Crippen molar-refractivity contribution in [2.45, 2.75) is 44.2 Å². The first kappa shape index (κ1) is 42.8. The van der Waals surface area contributed by atoms with Gasteiger partial charge in [0.1, 0.15) is 35.8 Å². The Morgan fingerprint density at radius 2 is 1.56 bits per heavy atom. The van der Waals surface area contributed by atoms with Crippen LogP contribution in [0.25, 0.3) is 0 Å². The fraction of sp³-hybridized carbons (Fsp3) is 0.295. The first-order chi connectivity index (χ1) is 29.3. The lowest BCUT2D eigenvalue weighted by Crippen LogP contribution is -2.72. The van der Waals surface area contributed by atoms with Gasteiger partial charge in [-0.25, -0.2) is 14.2 Å². The number of allylic oxidation sites excluding steroid dienone is 1. The number of nitrogens with two attached hydrogens (primary N) is 1. The lowest BCUT2D eigenvalue weighted by molar-refractivity contribution is -0.173. The van der Waals surface area contributed by atoms with Crippen molar-refractivity contribution in [1.29, 1.82) is 0 Å². The number of alkyl halides is 1. The molecule has 14 nitrogen and oxygen atoms in total. The van der Waals surface area contributed by atoms with E-state index in [0.29, 0.717) is 24.1 Å². The van der Waals surface area contributed by atoms with Crippen molar-refractivity contribution in [2.75, 3.05) is 42.9 Å². The smallest absolute Gasteiger partial charge is 0.358 e. The highest BCUT2D eigenvalue weighted by atomic mass is 32.2. The number of amides is 3. The minimum absolute atomic E-state index is 0.0720. The second-order valence-corrected chi connectivity index (χ2v) is 17.2. The number of oxime groups is 1. The van der Waals surface area contributed by atoms with E-state index >= 15 is 0 Å². The van der Waals surface area contributed by atoms with Gasteiger partial charge in [-0.15, -0.1) is 23.1 Å². The molecule has 316 valence electrons. The first-order valence-corrected chi connectivity index (χ1v) is 21.3. The number of esters is 2. The third-order valence-corrected chi connectivity index (χ3v) is 12.2. The molecule has 2 atom stereocenters. The Morgan fingerprint density at radius 3 is 2.10 bits per heavy atom. The number of rotatable bonds is 14. The number of carbonyl (C=O) groups is 5. The molecular weight excluding hydrogens is 824 g/mol. The molecule has 0 unspecified atom stereocenters. The molecule has 17 heteroatoms. The van der Waals surface area contributed by atoms with E-state index in [9.17, 15) is 28.4 Å². The SMILES string of the molecule is CC(C)(C)C(=O)OCOC(=O)C1=C(C=C2CCN(CCF)C2=O)CS[C@@H]2[C@H](N(C(=O)C=NOC(c3ccccc3)(c3ccccc3)c3ccccc3)c3csc(N)n3)C(=O)N12. The third kappa shape index (κ3) is 8.65. The predicted molar refractivity (Wildman–Crippen MR) is 228 cm³/mol. The van der Waals surface area contributed by atoms with Crippen LogP contribution in [0.5, 0.6) is 0 Å². The summed E-state index contributed by atoms with van der Waals surface area (Å²) in [5.41, 5.74) is 6.53. The molecule has 1 aromatic heterocycles. The van der Waals surface area contributed by atoms with Crippen molar-refractivity contribution in [3.63, 3.8) is 0 Å². The van der Waals surface area contributed by atoms with Crippen LogP contribution in [0.4, 0.5) is 15.3 Å². The van der Waals surface area contributed by atoms with Gasteiger partial charge in [0.15, 0.2) is 5.13 Å². The Balaban J connectivity index is 1.22. The van der Waals surface area contributed by atoms with Gasteiger partial charge < -0.3 is 24.9 Å². The molecule has 3 aliphatic heterocycles. The van der Waals surface area contributed by atoms with Crippen LogP contribution in [-0.4, -0.2) is 94.4 Å². The maximum atomic E-state index is 14.4. The van der Waals surface area contributed by atoms with E-state index in [-0.39, 0.29) is 34.9 Å². The summed E-state index contributed by atoms with van der Waals surface area (Å²) in [6.45, 7) is 3.71. The van der Waals surface area contributed by atoms with Crippen LogP contribution in [0.2, 0.25) is 0 Å². The molecule has 2 N–H and O–H groups in total. The Bertz CT molecular complexity index is 2290. The first-order valence-electron chi connectivity index (χ1n) is 19.4. The van der Waals surface area contributed by atoms with Crippen molar-refractivity contribution >= 4 is 69.9 Å². The standard InChI is InChI=1S/C44H43FN6O8S2/c1-43(2,3)41(56)58-27-57-40(55)35-29(23-28-19-21-49(22-20-45)37(28)53)25-60-39-36(38(54)51(35)39)50(33-26-61-42(46)48-33)34(52)24-47-59-44(30-13-7-4-8-14-30,31-15-9-5-10-16-31)32-17-11-6-12-18-32/h4-18,23-24,26,36,39H,19-22,25,27H2,1-3H3,(H2,46,48)/t36-,39-/m1/s1. The summed E-state index contributed by atoms with van der Waals surface area (Å²) in [4.78, 5) is 82.8. The molecule has 7 rings (SSSR count). The molecule has 3 amide bonds. The number of thiazole rings is 1. The number of nitrogen functional groups attached to an aromatic ring is 1. The van der Waals surface area contributed by atoms with E-state index in [1.54, 1.807) is 20.8 Å². The number of hydrogen-bond acceptors (Lipinski definition) is 13. The van der Waals surface area contributed by atoms with E-state index in [2.05, 4.69) is 10.1 Å². The molecule has 3 aliphatic rings. The zero-order chi connectivity index (χ0) is 43.3. The number of β-lactam (4-membered cyclic amide) rings is 1. The molecule has 4 aromatic rings. The monoisotopic (exact) mass is 866 g/mol. The molecule has 3 aromatic carbocycles. The van der Waals surface area contributed by atoms with Crippen LogP contribution in [0.3, 0.4) is 0 Å². The zero-order valence-corrected chi connectivity index (χ0v) is 35.2. The quantitative estimate of drug-likeness (QED) is 0.0308. The van der Waals surface area contributed by atoms with E-state index in [1.165, 1.54) is 33.0 Å². The molecule has 0 bridgehead atoms. The second-order valence-electron chi connectivity index (χ2n) is 15.2. The fourth-order valence-corrected chi connectivity index (χ4v) is 9.13. The number of hydrogen-bond donors (Lipinski definition) is 1. The molecule has 2 saturated heterocycles. The number of likely N-dealkylation sites (tertiary alicyclic amines) is 1. The topological polar surface area (TPSA) is 174 Å². The number of carbonyl (C=O) groups excluding carboxylic acids is 5. The molecule has 2 fully saturated rings. The van der Waals surface area contributed by atoms with Gasteiger partial charge in [-0.3, -0.25) is 29.0 Å². The van der Waals surface area contributed by atoms with E-state index < -0.39 is 59.7 Å². The number of halogens is 1. The minimum atomic E-state index is -1.30. The van der Waals surface area contributed by atoms with Crippen LogP contribution in [-0.2, 0) is 43.9 Å². The number of thioether (sulfide) groups is 1. The molecule has 4 heterocycles. The van der Waals surface area contributed by atoms with Gasteiger partial charge in [-0.05, 0) is 38.8 Å². The normalized spacial score (nSPS) is 18.6. The molecular formula is C44H43FN6O8S2. The van der Waals surface area contributed by atoms with Crippen molar-refractivity contribution in [1.82, 2.24) is 14.8 Å². The van der Waals surface area contributed by atoms with Crippen molar-refractivity contribution in [3.05, 3.63) is 136 Å². The molecule has 0 spiro atoms. The lowest BCUT2D eigenvalue weighted by atomic mass is 9.80. The van der Waals surface area contributed by atoms with E-state index in [4.69, 9.17) is 20.0 Å². The number of ether oxygens (including phenoxy) is 2. The van der Waals surface area contributed by atoms with Gasteiger partial charge in [0.25, 0.3) is 11.8 Å². The summed E-state index contributed by atoms with van der Waals surface area (Å²) in [7, 11) is 0. The van der Waals surface area contributed by atoms with Crippen molar-refractivity contribution in [2.24, 2.45) is 10.6 Å². The number of aromatic nitrogens is 1. The predicted octanol–water partition coefficient (Wildman–Crippen LogP) is 5.81. The van der Waals surface area contributed by atoms with E-state index in [0.717, 1.165) is 39.1 Å². The van der Waals surface area contributed by atoms with Crippen molar-refractivity contribution < 1.29 is 42.7 Å².